The zero-order valence-corrected chi connectivity index (χ0v) is 8.16. The van der Waals surface area contributed by atoms with Gasteiger partial charge in [0.15, 0.2) is 5.82 Å². The maximum atomic E-state index is 10.8. The number of hydrogen-bond donors (Lipinski definition) is 2. The van der Waals surface area contributed by atoms with Crippen molar-refractivity contribution >= 4 is 12.0 Å². The fraction of sp³-hybridized carbons (Fsp3) is 0. The highest BCUT2D eigenvalue weighted by atomic mass is 16.1. The van der Waals surface area contributed by atoms with Gasteiger partial charge >= 0.3 is 5.69 Å². The van der Waals surface area contributed by atoms with E-state index in [-0.39, 0.29) is 5.82 Å². The summed E-state index contributed by atoms with van der Waals surface area (Å²) in [6.45, 7) is 0. The maximum absolute atomic E-state index is 10.8. The molecule has 0 radical (unpaired) electrons. The van der Waals surface area contributed by atoms with Gasteiger partial charge in [-0.3, -0.25) is 10.4 Å². The van der Waals surface area contributed by atoms with Gasteiger partial charge in [0, 0.05) is 6.20 Å². The maximum Gasteiger partial charge on any atom is 0.363 e. The first-order valence-electron chi connectivity index (χ1n) is 4.46. The van der Waals surface area contributed by atoms with E-state index in [1.54, 1.807) is 12.3 Å². The largest absolute Gasteiger partial charge is 0.363 e. The molecular weight excluding hydrogens is 208 g/mol. The standard InChI is InChI=1S/C9H8N6O/c16-9-13-8(6-12-15-9)14-11-5-7-3-1-2-4-10-7/h1-6H,(H2,13,14,15,16). The number of hydrogen-bond acceptors (Lipinski definition) is 6. The molecule has 0 aliphatic rings. The van der Waals surface area contributed by atoms with Crippen molar-refractivity contribution < 1.29 is 0 Å². The van der Waals surface area contributed by atoms with Crippen LogP contribution in [0.15, 0.2) is 40.5 Å². The van der Waals surface area contributed by atoms with Gasteiger partial charge in [0.1, 0.15) is 0 Å². The van der Waals surface area contributed by atoms with Crippen molar-refractivity contribution in [2.24, 2.45) is 5.10 Å². The summed E-state index contributed by atoms with van der Waals surface area (Å²) in [5, 5.41) is 9.58. The van der Waals surface area contributed by atoms with E-state index in [1.165, 1.54) is 12.4 Å². The molecule has 80 valence electrons. The fourth-order valence-electron chi connectivity index (χ4n) is 0.983. The predicted octanol–water partition coefficient (Wildman–Crippen LogP) is 0.00590. The number of pyridine rings is 1. The molecule has 0 saturated carbocycles. The SMILES string of the molecule is O=c1nc(NN=Cc2ccccn2)cn[nH]1. The number of anilines is 1. The average molecular weight is 216 g/mol. The Morgan fingerprint density at radius 1 is 1.44 bits per heavy atom. The highest BCUT2D eigenvalue weighted by Gasteiger charge is 1.92. The second kappa shape index (κ2) is 4.78. The average Bonchev–Trinajstić information content (AvgIpc) is 2.30. The van der Waals surface area contributed by atoms with Crippen LogP contribution in [0.2, 0.25) is 0 Å². The van der Waals surface area contributed by atoms with Crippen LogP contribution in [-0.2, 0) is 0 Å². The molecule has 0 unspecified atom stereocenters. The lowest BCUT2D eigenvalue weighted by Gasteiger charge is -1.95. The lowest BCUT2D eigenvalue weighted by atomic mass is 10.4. The van der Waals surface area contributed by atoms with Gasteiger partial charge in [-0.2, -0.15) is 15.2 Å². The topological polar surface area (TPSA) is 95.9 Å². The third kappa shape index (κ3) is 2.71. The van der Waals surface area contributed by atoms with Gasteiger partial charge in [-0.15, -0.1) is 0 Å². The lowest BCUT2D eigenvalue weighted by molar-refractivity contribution is 0.913. The Hall–Kier alpha value is -2.57. The summed E-state index contributed by atoms with van der Waals surface area (Å²) < 4.78 is 0. The fourth-order valence-corrected chi connectivity index (χ4v) is 0.983. The molecule has 0 aliphatic carbocycles. The summed E-state index contributed by atoms with van der Waals surface area (Å²) in [7, 11) is 0. The zero-order chi connectivity index (χ0) is 11.2. The predicted molar refractivity (Wildman–Crippen MR) is 58.1 cm³/mol. The van der Waals surface area contributed by atoms with E-state index in [2.05, 4.69) is 30.7 Å². The number of nitrogens with zero attached hydrogens (tertiary/aromatic N) is 4. The second-order valence-corrected chi connectivity index (χ2v) is 2.80. The summed E-state index contributed by atoms with van der Waals surface area (Å²) in [5.74, 6) is 0.274. The van der Waals surface area contributed by atoms with Crippen LogP contribution in [0.4, 0.5) is 5.82 Å². The first-order chi connectivity index (χ1) is 7.84. The minimum Gasteiger partial charge on any atom is -0.260 e. The third-order valence-electron chi connectivity index (χ3n) is 1.63. The van der Waals surface area contributed by atoms with Crippen LogP contribution in [0.5, 0.6) is 0 Å². The Labute approximate surface area is 90.3 Å². The number of hydrazone groups is 1. The summed E-state index contributed by atoms with van der Waals surface area (Å²) in [6.07, 6.45) is 4.54. The summed E-state index contributed by atoms with van der Waals surface area (Å²) in [5.41, 5.74) is 2.74. The Balaban J connectivity index is 2.03. The molecule has 0 aromatic carbocycles. The molecule has 2 N–H and O–H groups in total. The molecule has 0 aliphatic heterocycles. The van der Waals surface area contributed by atoms with E-state index in [0.29, 0.717) is 5.69 Å². The van der Waals surface area contributed by atoms with Crippen LogP contribution in [0, 0.1) is 0 Å². The molecule has 16 heavy (non-hydrogen) atoms. The molecule has 0 saturated heterocycles. The monoisotopic (exact) mass is 216 g/mol. The van der Waals surface area contributed by atoms with Crippen molar-refractivity contribution in [2.75, 3.05) is 5.43 Å². The molecule has 2 heterocycles. The third-order valence-corrected chi connectivity index (χ3v) is 1.63. The van der Waals surface area contributed by atoms with Crippen molar-refractivity contribution in [3.05, 3.63) is 46.8 Å². The van der Waals surface area contributed by atoms with Gasteiger partial charge in [0.05, 0.1) is 18.1 Å². The minimum absolute atomic E-state index is 0.274. The minimum atomic E-state index is -0.530. The van der Waals surface area contributed by atoms with E-state index in [4.69, 9.17) is 0 Å². The van der Waals surface area contributed by atoms with Crippen molar-refractivity contribution in [1.82, 2.24) is 20.2 Å². The zero-order valence-electron chi connectivity index (χ0n) is 8.16. The van der Waals surface area contributed by atoms with Crippen molar-refractivity contribution in [3.8, 4) is 0 Å². The molecule has 2 aromatic rings. The van der Waals surface area contributed by atoms with Crippen LogP contribution < -0.4 is 11.1 Å². The first-order valence-corrected chi connectivity index (χ1v) is 4.46. The number of nitrogens with one attached hydrogen (secondary N) is 2. The molecule has 2 aromatic heterocycles. The molecule has 0 atom stereocenters. The van der Waals surface area contributed by atoms with Crippen molar-refractivity contribution in [1.29, 1.82) is 0 Å². The first kappa shape index (κ1) is 9.97. The van der Waals surface area contributed by atoms with Crippen molar-refractivity contribution in [2.45, 2.75) is 0 Å². The van der Waals surface area contributed by atoms with E-state index in [0.717, 1.165) is 0 Å². The molecule has 0 spiro atoms. The Bertz CT molecular complexity index is 535. The highest BCUT2D eigenvalue weighted by molar-refractivity contribution is 5.77. The molecule has 2 rings (SSSR count). The van der Waals surface area contributed by atoms with Crippen molar-refractivity contribution in [3.63, 3.8) is 0 Å². The smallest absolute Gasteiger partial charge is 0.260 e. The Kier molecular flexibility index (Phi) is 2.98. The molecule has 7 nitrogen and oxygen atoms in total. The van der Waals surface area contributed by atoms with Gasteiger partial charge in [0.2, 0.25) is 0 Å². The molecule has 0 fully saturated rings. The second-order valence-electron chi connectivity index (χ2n) is 2.80. The van der Waals surface area contributed by atoms with Gasteiger partial charge in [-0.25, -0.2) is 9.89 Å². The number of rotatable bonds is 3. The summed E-state index contributed by atoms with van der Waals surface area (Å²) in [4.78, 5) is 18.4. The van der Waals surface area contributed by atoms with E-state index in [1.807, 2.05) is 12.1 Å². The molecule has 0 bridgehead atoms. The Morgan fingerprint density at radius 3 is 3.12 bits per heavy atom. The number of aromatic amines is 1. The molecular formula is C9H8N6O. The normalized spacial score (nSPS) is 10.5. The quantitative estimate of drug-likeness (QED) is 0.556. The molecule has 7 heteroatoms. The van der Waals surface area contributed by atoms with E-state index >= 15 is 0 Å². The number of aromatic nitrogens is 4. The van der Waals surface area contributed by atoms with Gasteiger partial charge in [0.25, 0.3) is 0 Å². The van der Waals surface area contributed by atoms with Crippen LogP contribution >= 0.6 is 0 Å². The van der Waals surface area contributed by atoms with E-state index in [9.17, 15) is 4.79 Å². The number of H-pyrrole nitrogens is 1. The highest BCUT2D eigenvalue weighted by Crippen LogP contribution is 1.93. The Morgan fingerprint density at radius 2 is 2.38 bits per heavy atom. The van der Waals surface area contributed by atoms with Crippen LogP contribution in [0.25, 0.3) is 0 Å². The molecule has 0 amide bonds. The summed E-state index contributed by atoms with van der Waals surface area (Å²) >= 11 is 0. The van der Waals surface area contributed by atoms with Gasteiger partial charge < -0.3 is 0 Å². The van der Waals surface area contributed by atoms with Crippen LogP contribution in [-0.4, -0.2) is 26.4 Å². The summed E-state index contributed by atoms with van der Waals surface area (Å²) in [6, 6.07) is 5.46. The van der Waals surface area contributed by atoms with Crippen LogP contribution in [0.3, 0.4) is 0 Å². The van der Waals surface area contributed by atoms with Gasteiger partial charge in [-0.1, -0.05) is 6.07 Å². The van der Waals surface area contributed by atoms with E-state index < -0.39 is 5.69 Å². The van der Waals surface area contributed by atoms with Crippen LogP contribution in [0.1, 0.15) is 5.69 Å². The lowest BCUT2D eigenvalue weighted by Crippen LogP contribution is -2.13. The van der Waals surface area contributed by atoms with Gasteiger partial charge in [-0.05, 0) is 12.1 Å².